The predicted octanol–water partition coefficient (Wildman–Crippen LogP) is 1.26. The Bertz CT molecular complexity index is 203. The van der Waals surface area contributed by atoms with Gasteiger partial charge in [-0.15, -0.1) is 0 Å². The van der Waals surface area contributed by atoms with Crippen molar-refractivity contribution < 1.29 is 0 Å². The molecule has 1 atom stereocenters. The van der Waals surface area contributed by atoms with Gasteiger partial charge in [0, 0.05) is 32.2 Å². The van der Waals surface area contributed by atoms with Gasteiger partial charge in [0.25, 0.3) is 0 Å². The molecule has 1 fully saturated rings. The Balaban J connectivity index is 2.68. The molecule has 0 aliphatic carbocycles. The van der Waals surface area contributed by atoms with Crippen LogP contribution in [0.5, 0.6) is 0 Å². The van der Waals surface area contributed by atoms with E-state index < -0.39 is 0 Å². The molecule has 3 nitrogen and oxygen atoms in total. The normalized spacial score (nSPS) is 27.9. The van der Waals surface area contributed by atoms with Crippen LogP contribution in [0.4, 0.5) is 0 Å². The Hall–Kier alpha value is -0.120. The first-order chi connectivity index (χ1) is 7.48. The average Bonchev–Trinajstić information content (AvgIpc) is 2.24. The van der Waals surface area contributed by atoms with Crippen LogP contribution in [-0.2, 0) is 0 Å². The maximum Gasteiger partial charge on any atom is 0.0344 e. The molecule has 0 amide bonds. The first-order valence-electron chi connectivity index (χ1n) is 6.55. The molecule has 1 aliphatic heterocycles. The van der Waals surface area contributed by atoms with Crippen LogP contribution in [0.1, 0.15) is 27.2 Å². The maximum atomic E-state index is 3.32. The van der Waals surface area contributed by atoms with Crippen LogP contribution in [0.3, 0.4) is 0 Å². The van der Waals surface area contributed by atoms with Crippen molar-refractivity contribution in [1.82, 2.24) is 15.1 Å². The van der Waals surface area contributed by atoms with E-state index in [-0.39, 0.29) is 0 Å². The zero-order valence-corrected chi connectivity index (χ0v) is 11.7. The van der Waals surface area contributed by atoms with E-state index in [2.05, 4.69) is 42.9 Å². The van der Waals surface area contributed by atoms with Crippen molar-refractivity contribution in [3.05, 3.63) is 0 Å². The van der Waals surface area contributed by atoms with E-state index in [1.807, 2.05) is 7.05 Å². The van der Waals surface area contributed by atoms with Gasteiger partial charge in [0.05, 0.1) is 0 Å². The molecule has 1 heterocycles. The van der Waals surface area contributed by atoms with Gasteiger partial charge in [0.15, 0.2) is 0 Å². The van der Waals surface area contributed by atoms with Crippen molar-refractivity contribution in [2.24, 2.45) is 5.41 Å². The highest BCUT2D eigenvalue weighted by Crippen LogP contribution is 2.23. The minimum atomic E-state index is 0.409. The van der Waals surface area contributed by atoms with E-state index in [4.69, 9.17) is 0 Å². The average molecular weight is 227 g/mol. The third-order valence-corrected chi connectivity index (χ3v) is 3.40. The quantitative estimate of drug-likeness (QED) is 0.780. The van der Waals surface area contributed by atoms with Gasteiger partial charge in [-0.1, -0.05) is 20.8 Å². The van der Waals surface area contributed by atoms with E-state index in [1.165, 1.54) is 32.6 Å². The molecule has 1 saturated heterocycles. The molecular weight excluding hydrogens is 198 g/mol. The van der Waals surface area contributed by atoms with E-state index in [1.54, 1.807) is 0 Å². The molecule has 0 spiro atoms. The molecular formula is C13H29N3. The molecule has 1 unspecified atom stereocenters. The highest BCUT2D eigenvalue weighted by atomic mass is 15.3. The van der Waals surface area contributed by atoms with E-state index in [0.29, 0.717) is 11.5 Å². The Morgan fingerprint density at radius 3 is 2.56 bits per heavy atom. The van der Waals surface area contributed by atoms with Gasteiger partial charge in [-0.25, -0.2) is 0 Å². The van der Waals surface area contributed by atoms with Crippen molar-refractivity contribution in [3.8, 4) is 0 Å². The summed E-state index contributed by atoms with van der Waals surface area (Å²) in [6.07, 6.45) is 1.26. The molecule has 0 radical (unpaired) electrons. The van der Waals surface area contributed by atoms with Gasteiger partial charge >= 0.3 is 0 Å². The second-order valence-electron chi connectivity index (χ2n) is 6.03. The number of hydrogen-bond donors (Lipinski definition) is 1. The monoisotopic (exact) mass is 227 g/mol. The molecule has 1 rings (SSSR count). The molecule has 16 heavy (non-hydrogen) atoms. The molecule has 96 valence electrons. The third kappa shape index (κ3) is 4.04. The summed E-state index contributed by atoms with van der Waals surface area (Å²) in [5, 5.41) is 3.32. The van der Waals surface area contributed by atoms with E-state index in [9.17, 15) is 0 Å². The smallest absolute Gasteiger partial charge is 0.0344 e. The summed E-state index contributed by atoms with van der Waals surface area (Å²) in [7, 11) is 4.31. The molecule has 0 bridgehead atoms. The molecule has 1 N–H and O–H groups in total. The van der Waals surface area contributed by atoms with Crippen LogP contribution in [0.15, 0.2) is 0 Å². The topological polar surface area (TPSA) is 18.5 Å². The van der Waals surface area contributed by atoms with Gasteiger partial charge in [0.2, 0.25) is 0 Å². The van der Waals surface area contributed by atoms with Crippen molar-refractivity contribution >= 4 is 0 Å². The number of nitrogens with zero attached hydrogens (tertiary/aromatic N) is 2. The summed E-state index contributed by atoms with van der Waals surface area (Å²) in [6.45, 7) is 13.0. The standard InChI is InChI=1S/C13H29N3/c1-6-7-16-9-12(8-14-4)15(5)10-13(2,3)11-16/h12,14H,6-11H2,1-5H3. The van der Waals surface area contributed by atoms with Gasteiger partial charge < -0.3 is 15.1 Å². The Morgan fingerprint density at radius 2 is 2.00 bits per heavy atom. The van der Waals surface area contributed by atoms with Gasteiger partial charge in [-0.2, -0.15) is 0 Å². The molecule has 1 aliphatic rings. The second-order valence-corrected chi connectivity index (χ2v) is 6.03. The lowest BCUT2D eigenvalue weighted by atomic mass is 9.92. The fraction of sp³-hybridized carbons (Fsp3) is 1.00. The largest absolute Gasteiger partial charge is 0.318 e. The van der Waals surface area contributed by atoms with Crippen molar-refractivity contribution in [2.75, 3.05) is 46.8 Å². The molecule has 0 aromatic heterocycles. The number of nitrogens with one attached hydrogen (secondary N) is 1. The number of hydrogen-bond acceptors (Lipinski definition) is 3. The van der Waals surface area contributed by atoms with Crippen molar-refractivity contribution in [3.63, 3.8) is 0 Å². The fourth-order valence-electron chi connectivity index (χ4n) is 2.90. The first-order valence-corrected chi connectivity index (χ1v) is 6.55. The molecule has 0 aromatic carbocycles. The summed E-state index contributed by atoms with van der Waals surface area (Å²) >= 11 is 0. The number of rotatable bonds is 4. The summed E-state index contributed by atoms with van der Waals surface area (Å²) in [6, 6.07) is 0.651. The van der Waals surface area contributed by atoms with Crippen LogP contribution < -0.4 is 5.32 Å². The maximum absolute atomic E-state index is 3.32. The van der Waals surface area contributed by atoms with E-state index in [0.717, 1.165) is 6.54 Å². The predicted molar refractivity (Wildman–Crippen MR) is 70.9 cm³/mol. The van der Waals surface area contributed by atoms with Gasteiger partial charge in [-0.05, 0) is 32.5 Å². The van der Waals surface area contributed by atoms with Crippen LogP contribution in [0.2, 0.25) is 0 Å². The zero-order chi connectivity index (χ0) is 12.2. The summed E-state index contributed by atoms with van der Waals surface area (Å²) in [5.41, 5.74) is 0.409. The number of likely N-dealkylation sites (N-methyl/N-ethyl adjacent to an activating group) is 2. The van der Waals surface area contributed by atoms with Crippen LogP contribution >= 0.6 is 0 Å². The Labute approximate surface area is 101 Å². The van der Waals surface area contributed by atoms with Gasteiger partial charge in [0.1, 0.15) is 0 Å². The minimum absolute atomic E-state index is 0.409. The van der Waals surface area contributed by atoms with E-state index >= 15 is 0 Å². The summed E-state index contributed by atoms with van der Waals surface area (Å²) in [5.74, 6) is 0. The van der Waals surface area contributed by atoms with Crippen LogP contribution in [0.25, 0.3) is 0 Å². The Kier molecular flexibility index (Phi) is 5.22. The lowest BCUT2D eigenvalue weighted by Crippen LogP contribution is -2.45. The highest BCUT2D eigenvalue weighted by molar-refractivity contribution is 4.87. The minimum Gasteiger partial charge on any atom is -0.318 e. The molecule has 0 saturated carbocycles. The first kappa shape index (κ1) is 13.9. The third-order valence-electron chi connectivity index (χ3n) is 3.40. The summed E-state index contributed by atoms with van der Waals surface area (Å²) in [4.78, 5) is 5.15. The zero-order valence-electron chi connectivity index (χ0n) is 11.7. The van der Waals surface area contributed by atoms with Crippen LogP contribution in [0, 0.1) is 5.41 Å². The van der Waals surface area contributed by atoms with Crippen molar-refractivity contribution in [1.29, 1.82) is 0 Å². The fourth-order valence-corrected chi connectivity index (χ4v) is 2.90. The highest BCUT2D eigenvalue weighted by Gasteiger charge is 2.31. The SMILES string of the molecule is CCCN1CC(CNC)N(C)CC(C)(C)C1. The molecule has 3 heteroatoms. The Morgan fingerprint density at radius 1 is 1.31 bits per heavy atom. The lowest BCUT2D eigenvalue weighted by Gasteiger charge is -2.30. The van der Waals surface area contributed by atoms with Crippen LogP contribution in [-0.4, -0.2) is 62.7 Å². The second kappa shape index (κ2) is 5.99. The lowest BCUT2D eigenvalue weighted by molar-refractivity contribution is 0.190. The molecule has 0 aromatic rings. The van der Waals surface area contributed by atoms with Gasteiger partial charge in [-0.3, -0.25) is 0 Å². The summed E-state index contributed by atoms with van der Waals surface area (Å²) < 4.78 is 0. The van der Waals surface area contributed by atoms with Crippen molar-refractivity contribution in [2.45, 2.75) is 33.2 Å².